The first-order valence-corrected chi connectivity index (χ1v) is 9.41. The number of anilines is 2. The molecule has 0 radical (unpaired) electrons. The van der Waals surface area contributed by atoms with Gasteiger partial charge in [-0.05, 0) is 46.9 Å². The van der Waals surface area contributed by atoms with Crippen molar-refractivity contribution in [1.82, 2.24) is 5.32 Å². The Balaban J connectivity index is 1.59. The Labute approximate surface area is 170 Å². The molecule has 0 aliphatic rings. The molecule has 29 heavy (non-hydrogen) atoms. The molecule has 0 aliphatic heterocycles. The van der Waals surface area contributed by atoms with Crippen molar-refractivity contribution in [3.63, 3.8) is 0 Å². The molecule has 150 valence electrons. The molecule has 0 spiro atoms. The van der Waals surface area contributed by atoms with Gasteiger partial charge in [0, 0.05) is 17.9 Å². The second kappa shape index (κ2) is 8.65. The lowest BCUT2D eigenvalue weighted by Gasteiger charge is -2.23. The maximum absolute atomic E-state index is 12.4. The third-order valence-corrected chi connectivity index (χ3v) is 4.37. The summed E-state index contributed by atoms with van der Waals surface area (Å²) in [4.78, 5) is 24.5. The summed E-state index contributed by atoms with van der Waals surface area (Å²) in [6, 6.07) is 18.0. The topological polar surface area (TPSA) is 83.4 Å². The van der Waals surface area contributed by atoms with Gasteiger partial charge in [0.2, 0.25) is 0 Å². The van der Waals surface area contributed by atoms with Gasteiger partial charge in [-0.3, -0.25) is 4.79 Å². The van der Waals surface area contributed by atoms with Crippen molar-refractivity contribution < 1.29 is 14.0 Å². The van der Waals surface area contributed by atoms with E-state index in [1.165, 1.54) is 6.26 Å². The van der Waals surface area contributed by atoms with Crippen molar-refractivity contribution in [1.29, 1.82) is 0 Å². The van der Waals surface area contributed by atoms with Crippen LogP contribution < -0.4 is 16.0 Å². The van der Waals surface area contributed by atoms with Crippen LogP contribution in [0.5, 0.6) is 0 Å². The molecule has 0 fully saturated rings. The monoisotopic (exact) mass is 391 g/mol. The van der Waals surface area contributed by atoms with Crippen molar-refractivity contribution in [3.8, 4) is 0 Å². The van der Waals surface area contributed by atoms with Crippen LogP contribution in [0.15, 0.2) is 71.3 Å². The van der Waals surface area contributed by atoms with Gasteiger partial charge in [-0.2, -0.15) is 0 Å². The molecule has 3 N–H and O–H groups in total. The smallest absolute Gasteiger partial charge is 0.319 e. The molecule has 0 aliphatic carbocycles. The predicted molar refractivity (Wildman–Crippen MR) is 114 cm³/mol. The third-order valence-electron chi connectivity index (χ3n) is 4.37. The van der Waals surface area contributed by atoms with Crippen LogP contribution >= 0.6 is 0 Å². The SMILES string of the molecule is CC(C)(C)c1ccccc1NC(=O)NCc1cccc(NC(=O)c2ccco2)c1. The van der Waals surface area contributed by atoms with Crippen molar-refractivity contribution in [3.05, 3.63) is 83.8 Å². The number of hydrogen-bond acceptors (Lipinski definition) is 3. The van der Waals surface area contributed by atoms with Crippen LogP contribution in [0.1, 0.15) is 42.5 Å². The second-order valence-corrected chi connectivity index (χ2v) is 7.74. The zero-order valence-corrected chi connectivity index (χ0v) is 16.8. The van der Waals surface area contributed by atoms with Crippen LogP contribution in [0.2, 0.25) is 0 Å². The summed E-state index contributed by atoms with van der Waals surface area (Å²) in [5, 5.41) is 8.55. The Morgan fingerprint density at radius 2 is 1.72 bits per heavy atom. The van der Waals surface area contributed by atoms with Crippen LogP contribution in [-0.4, -0.2) is 11.9 Å². The van der Waals surface area contributed by atoms with E-state index < -0.39 is 0 Å². The first-order chi connectivity index (χ1) is 13.8. The van der Waals surface area contributed by atoms with Gasteiger partial charge in [0.15, 0.2) is 5.76 Å². The number of rotatable bonds is 5. The minimum atomic E-state index is -0.323. The van der Waals surface area contributed by atoms with Gasteiger partial charge in [-0.1, -0.05) is 51.1 Å². The first-order valence-electron chi connectivity index (χ1n) is 9.41. The fraction of sp³-hybridized carbons (Fsp3) is 0.217. The molecule has 0 unspecified atom stereocenters. The zero-order valence-electron chi connectivity index (χ0n) is 16.8. The van der Waals surface area contributed by atoms with Gasteiger partial charge in [0.05, 0.1) is 6.26 Å². The van der Waals surface area contributed by atoms with E-state index in [1.807, 2.05) is 42.5 Å². The molecular weight excluding hydrogens is 366 g/mol. The molecule has 6 heteroatoms. The lowest BCUT2D eigenvalue weighted by molar-refractivity contribution is 0.0996. The highest BCUT2D eigenvalue weighted by atomic mass is 16.3. The van der Waals surface area contributed by atoms with E-state index in [2.05, 4.69) is 36.7 Å². The van der Waals surface area contributed by atoms with Crippen LogP contribution in [0.3, 0.4) is 0 Å². The Morgan fingerprint density at radius 1 is 0.931 bits per heavy atom. The van der Waals surface area contributed by atoms with Gasteiger partial charge < -0.3 is 20.4 Å². The third kappa shape index (κ3) is 5.48. The van der Waals surface area contributed by atoms with E-state index in [4.69, 9.17) is 4.42 Å². The molecule has 6 nitrogen and oxygen atoms in total. The lowest BCUT2D eigenvalue weighted by atomic mass is 9.86. The molecular formula is C23H25N3O3. The van der Waals surface area contributed by atoms with Crippen LogP contribution in [0.4, 0.5) is 16.2 Å². The Bertz CT molecular complexity index is 989. The fourth-order valence-corrected chi connectivity index (χ4v) is 2.95. The Morgan fingerprint density at radius 3 is 2.45 bits per heavy atom. The van der Waals surface area contributed by atoms with Crippen LogP contribution in [-0.2, 0) is 12.0 Å². The Hall–Kier alpha value is -3.54. The van der Waals surface area contributed by atoms with Gasteiger partial charge >= 0.3 is 6.03 Å². The minimum Gasteiger partial charge on any atom is -0.459 e. The first kappa shape index (κ1) is 20.2. The van der Waals surface area contributed by atoms with Gasteiger partial charge in [0.25, 0.3) is 5.91 Å². The average molecular weight is 391 g/mol. The summed E-state index contributed by atoms with van der Waals surface area (Å²) >= 11 is 0. The van der Waals surface area contributed by atoms with Crippen LogP contribution in [0, 0.1) is 0 Å². The number of furan rings is 1. The van der Waals surface area contributed by atoms with Crippen molar-refractivity contribution >= 4 is 23.3 Å². The highest BCUT2D eigenvalue weighted by Gasteiger charge is 2.18. The van der Waals surface area contributed by atoms with E-state index in [0.717, 1.165) is 16.8 Å². The van der Waals surface area contributed by atoms with Gasteiger partial charge in [0.1, 0.15) is 0 Å². The van der Waals surface area contributed by atoms with Gasteiger partial charge in [-0.25, -0.2) is 4.79 Å². The standard InChI is InChI=1S/C23H25N3O3/c1-23(2,3)18-10-4-5-11-19(18)26-22(28)24-15-16-8-6-9-17(14-16)25-21(27)20-12-7-13-29-20/h4-14H,15H2,1-3H3,(H,25,27)(H2,24,26,28). The highest BCUT2D eigenvalue weighted by molar-refractivity contribution is 6.02. The van der Waals surface area contributed by atoms with E-state index in [1.54, 1.807) is 18.2 Å². The molecule has 0 saturated heterocycles. The summed E-state index contributed by atoms with van der Waals surface area (Å²) in [5.74, 6) is -0.0814. The zero-order chi connectivity index (χ0) is 20.9. The molecule has 2 aromatic carbocycles. The quantitative estimate of drug-likeness (QED) is 0.562. The number of urea groups is 1. The molecule has 3 rings (SSSR count). The number of amides is 3. The number of benzene rings is 2. The minimum absolute atomic E-state index is 0.0790. The van der Waals surface area contributed by atoms with E-state index in [0.29, 0.717) is 12.2 Å². The molecule has 0 atom stereocenters. The van der Waals surface area contributed by atoms with Gasteiger partial charge in [-0.15, -0.1) is 0 Å². The average Bonchev–Trinajstić information content (AvgIpc) is 3.21. The molecule has 3 aromatic rings. The maximum Gasteiger partial charge on any atom is 0.319 e. The van der Waals surface area contributed by atoms with Crippen LogP contribution in [0.25, 0.3) is 0 Å². The number of hydrogen-bond donors (Lipinski definition) is 3. The Kier molecular flexibility index (Phi) is 6.02. The number of carbonyl (C=O) groups is 2. The summed E-state index contributed by atoms with van der Waals surface area (Å²) in [7, 11) is 0. The summed E-state index contributed by atoms with van der Waals surface area (Å²) in [6.45, 7) is 6.64. The van der Waals surface area contributed by atoms with E-state index in [-0.39, 0.29) is 23.1 Å². The molecule has 1 aromatic heterocycles. The van der Waals surface area contributed by atoms with Crippen molar-refractivity contribution in [2.75, 3.05) is 10.6 Å². The number of para-hydroxylation sites is 1. The summed E-state index contributed by atoms with van der Waals surface area (Å²) in [6.07, 6.45) is 1.45. The maximum atomic E-state index is 12.4. The highest BCUT2D eigenvalue weighted by Crippen LogP contribution is 2.29. The predicted octanol–water partition coefficient (Wildman–Crippen LogP) is 5.15. The lowest BCUT2D eigenvalue weighted by Crippen LogP contribution is -2.29. The summed E-state index contributed by atoms with van der Waals surface area (Å²) in [5.41, 5.74) is 3.27. The normalized spacial score (nSPS) is 11.0. The second-order valence-electron chi connectivity index (χ2n) is 7.74. The van der Waals surface area contributed by atoms with E-state index >= 15 is 0 Å². The van der Waals surface area contributed by atoms with Crippen molar-refractivity contribution in [2.45, 2.75) is 32.7 Å². The van der Waals surface area contributed by atoms with Crippen molar-refractivity contribution in [2.24, 2.45) is 0 Å². The van der Waals surface area contributed by atoms with E-state index in [9.17, 15) is 9.59 Å². The number of nitrogens with one attached hydrogen (secondary N) is 3. The number of carbonyl (C=O) groups excluding carboxylic acids is 2. The molecule has 0 saturated carbocycles. The molecule has 0 bridgehead atoms. The fourth-order valence-electron chi connectivity index (χ4n) is 2.95. The summed E-state index contributed by atoms with van der Waals surface area (Å²) < 4.78 is 5.09. The molecule has 3 amide bonds. The molecule has 1 heterocycles. The largest absolute Gasteiger partial charge is 0.459 e.